The van der Waals surface area contributed by atoms with E-state index in [1.165, 1.54) is 11.3 Å². The molecular formula is C14H15N3O3S. The maximum absolute atomic E-state index is 11.7. The summed E-state index contributed by atoms with van der Waals surface area (Å²) in [7, 11) is 0. The molecule has 0 atom stereocenters. The number of nitrogens with zero attached hydrogens (tertiary/aromatic N) is 2. The van der Waals surface area contributed by atoms with Crippen LogP contribution in [0, 0.1) is 0 Å². The average Bonchev–Trinajstić information content (AvgIpc) is 2.93. The van der Waals surface area contributed by atoms with Crippen LogP contribution in [0.25, 0.3) is 10.7 Å². The fourth-order valence-electron chi connectivity index (χ4n) is 1.69. The van der Waals surface area contributed by atoms with Crippen molar-refractivity contribution >= 4 is 23.2 Å². The summed E-state index contributed by atoms with van der Waals surface area (Å²) in [6.07, 6.45) is 2.38. The molecular weight excluding hydrogens is 290 g/mol. The zero-order valence-corrected chi connectivity index (χ0v) is 12.1. The van der Waals surface area contributed by atoms with Crippen LogP contribution < -0.4 is 5.32 Å². The molecule has 110 valence electrons. The molecule has 0 bridgehead atoms. The summed E-state index contributed by atoms with van der Waals surface area (Å²) in [5, 5.41) is 13.8. The van der Waals surface area contributed by atoms with E-state index in [1.807, 2.05) is 23.6 Å². The van der Waals surface area contributed by atoms with E-state index < -0.39 is 5.97 Å². The predicted octanol–water partition coefficient (Wildman–Crippen LogP) is 1.73. The Hall–Kier alpha value is -2.28. The number of carbonyl (C=O) groups excluding carboxylic acids is 1. The van der Waals surface area contributed by atoms with Gasteiger partial charge in [-0.05, 0) is 18.6 Å². The number of aliphatic carboxylic acids is 1. The smallest absolute Gasteiger partial charge is 0.303 e. The first-order valence-electron chi connectivity index (χ1n) is 6.49. The second kappa shape index (κ2) is 7.49. The first-order chi connectivity index (χ1) is 10.1. The van der Waals surface area contributed by atoms with E-state index in [9.17, 15) is 9.59 Å². The summed E-state index contributed by atoms with van der Waals surface area (Å²) in [6, 6.07) is 5.59. The molecule has 0 saturated heterocycles. The Morgan fingerprint density at radius 1 is 1.33 bits per heavy atom. The highest BCUT2D eigenvalue weighted by molar-refractivity contribution is 7.13. The van der Waals surface area contributed by atoms with Crippen molar-refractivity contribution in [1.82, 2.24) is 15.3 Å². The molecule has 21 heavy (non-hydrogen) atoms. The summed E-state index contributed by atoms with van der Waals surface area (Å²) in [4.78, 5) is 30.6. The quantitative estimate of drug-likeness (QED) is 0.760. The molecule has 0 unspecified atom stereocenters. The Morgan fingerprint density at radius 3 is 2.90 bits per heavy atom. The number of pyridine rings is 1. The van der Waals surface area contributed by atoms with Gasteiger partial charge in [-0.15, -0.1) is 11.3 Å². The van der Waals surface area contributed by atoms with Gasteiger partial charge in [0.25, 0.3) is 0 Å². The normalized spacial score (nSPS) is 10.3. The van der Waals surface area contributed by atoms with Crippen LogP contribution in [0.15, 0.2) is 29.8 Å². The van der Waals surface area contributed by atoms with Crippen LogP contribution in [0.4, 0.5) is 0 Å². The molecule has 2 aromatic rings. The van der Waals surface area contributed by atoms with Crippen molar-refractivity contribution in [1.29, 1.82) is 0 Å². The molecule has 0 aliphatic carbocycles. The summed E-state index contributed by atoms with van der Waals surface area (Å²) in [5.41, 5.74) is 1.48. The highest BCUT2D eigenvalue weighted by Crippen LogP contribution is 2.21. The third-order valence-electron chi connectivity index (χ3n) is 2.67. The lowest BCUT2D eigenvalue weighted by Gasteiger charge is -2.02. The SMILES string of the molecule is O=C(O)CCCNC(=O)Cc1csc(-c2ccccn2)n1. The van der Waals surface area contributed by atoms with Crippen molar-refractivity contribution in [3.63, 3.8) is 0 Å². The number of rotatable bonds is 7. The molecule has 0 spiro atoms. The van der Waals surface area contributed by atoms with Gasteiger partial charge in [-0.3, -0.25) is 14.6 Å². The van der Waals surface area contributed by atoms with Crippen molar-refractivity contribution in [2.75, 3.05) is 6.54 Å². The standard InChI is InChI=1S/C14H15N3O3S/c18-12(16-7-3-5-13(19)20)8-10-9-21-14(17-10)11-4-1-2-6-15-11/h1-2,4,6,9H,3,5,7-8H2,(H,16,18)(H,19,20). The Labute approximate surface area is 125 Å². The maximum atomic E-state index is 11.7. The molecule has 2 rings (SSSR count). The molecule has 0 saturated carbocycles. The Bertz CT molecular complexity index is 613. The van der Waals surface area contributed by atoms with Gasteiger partial charge in [0.1, 0.15) is 5.01 Å². The van der Waals surface area contributed by atoms with Crippen LogP contribution in [0.5, 0.6) is 0 Å². The van der Waals surface area contributed by atoms with Gasteiger partial charge < -0.3 is 10.4 Å². The number of thiazole rings is 1. The van der Waals surface area contributed by atoms with Gasteiger partial charge >= 0.3 is 5.97 Å². The van der Waals surface area contributed by atoms with Crippen LogP contribution >= 0.6 is 11.3 Å². The molecule has 2 N–H and O–H groups in total. The number of hydrogen-bond acceptors (Lipinski definition) is 5. The predicted molar refractivity (Wildman–Crippen MR) is 78.9 cm³/mol. The third-order valence-corrected chi connectivity index (χ3v) is 3.58. The lowest BCUT2D eigenvalue weighted by atomic mass is 10.3. The van der Waals surface area contributed by atoms with Gasteiger partial charge in [0, 0.05) is 24.5 Å². The van der Waals surface area contributed by atoms with Crippen LogP contribution in [-0.2, 0) is 16.0 Å². The van der Waals surface area contributed by atoms with Gasteiger partial charge in [-0.25, -0.2) is 4.98 Å². The Kier molecular flexibility index (Phi) is 5.39. The second-order valence-corrected chi connectivity index (χ2v) is 5.24. The van der Waals surface area contributed by atoms with Crippen LogP contribution in [-0.4, -0.2) is 33.5 Å². The number of aromatic nitrogens is 2. The molecule has 0 fully saturated rings. The van der Waals surface area contributed by atoms with E-state index >= 15 is 0 Å². The largest absolute Gasteiger partial charge is 0.481 e. The highest BCUT2D eigenvalue weighted by Gasteiger charge is 2.09. The van der Waals surface area contributed by atoms with Gasteiger partial charge in [-0.1, -0.05) is 6.07 Å². The molecule has 0 radical (unpaired) electrons. The fourth-order valence-corrected chi connectivity index (χ4v) is 2.48. The number of amides is 1. The molecule has 0 aliphatic heterocycles. The average molecular weight is 305 g/mol. The number of carbonyl (C=O) groups is 2. The summed E-state index contributed by atoms with van der Waals surface area (Å²) >= 11 is 1.45. The zero-order chi connectivity index (χ0) is 15.1. The minimum absolute atomic E-state index is 0.0564. The second-order valence-electron chi connectivity index (χ2n) is 4.38. The number of carboxylic acid groups (broad SMARTS) is 1. The summed E-state index contributed by atoms with van der Waals surface area (Å²) in [5.74, 6) is -1.01. The van der Waals surface area contributed by atoms with Gasteiger partial charge in [0.2, 0.25) is 5.91 Å². The highest BCUT2D eigenvalue weighted by atomic mass is 32.1. The zero-order valence-electron chi connectivity index (χ0n) is 11.3. The molecule has 0 aromatic carbocycles. The van der Waals surface area contributed by atoms with E-state index in [-0.39, 0.29) is 18.7 Å². The summed E-state index contributed by atoms with van der Waals surface area (Å²) < 4.78 is 0. The van der Waals surface area contributed by atoms with E-state index in [2.05, 4.69) is 15.3 Å². The monoisotopic (exact) mass is 305 g/mol. The van der Waals surface area contributed by atoms with Gasteiger partial charge in [0.05, 0.1) is 17.8 Å². The lowest BCUT2D eigenvalue weighted by molar-refractivity contribution is -0.137. The Morgan fingerprint density at radius 2 is 2.19 bits per heavy atom. The molecule has 2 aromatic heterocycles. The van der Waals surface area contributed by atoms with Crippen LogP contribution in [0.3, 0.4) is 0 Å². The first-order valence-corrected chi connectivity index (χ1v) is 7.37. The topological polar surface area (TPSA) is 92.2 Å². The van der Waals surface area contributed by atoms with Crippen molar-refractivity contribution in [3.8, 4) is 10.7 Å². The van der Waals surface area contributed by atoms with Crippen LogP contribution in [0.2, 0.25) is 0 Å². The minimum Gasteiger partial charge on any atom is -0.481 e. The van der Waals surface area contributed by atoms with Crippen LogP contribution in [0.1, 0.15) is 18.5 Å². The van der Waals surface area contributed by atoms with Crippen molar-refractivity contribution in [2.45, 2.75) is 19.3 Å². The maximum Gasteiger partial charge on any atom is 0.303 e. The lowest BCUT2D eigenvalue weighted by Crippen LogP contribution is -2.26. The fraction of sp³-hybridized carbons (Fsp3) is 0.286. The number of carboxylic acids is 1. The molecule has 1 amide bonds. The van der Waals surface area contributed by atoms with Crippen molar-refractivity contribution < 1.29 is 14.7 Å². The first kappa shape index (κ1) is 15.1. The van der Waals surface area contributed by atoms with Crippen molar-refractivity contribution in [3.05, 3.63) is 35.5 Å². The number of nitrogens with one attached hydrogen (secondary N) is 1. The van der Waals surface area contributed by atoms with Gasteiger partial charge in [-0.2, -0.15) is 0 Å². The third kappa shape index (κ3) is 4.96. The van der Waals surface area contributed by atoms with E-state index in [4.69, 9.17) is 5.11 Å². The Balaban J connectivity index is 1.82. The number of hydrogen-bond donors (Lipinski definition) is 2. The molecule has 6 nitrogen and oxygen atoms in total. The van der Waals surface area contributed by atoms with Gasteiger partial charge in [0.15, 0.2) is 0 Å². The molecule has 0 aliphatic rings. The molecule has 7 heteroatoms. The molecule has 2 heterocycles. The van der Waals surface area contributed by atoms with E-state index in [0.717, 1.165) is 10.7 Å². The van der Waals surface area contributed by atoms with E-state index in [0.29, 0.717) is 18.7 Å². The summed E-state index contributed by atoms with van der Waals surface area (Å²) in [6.45, 7) is 0.363. The minimum atomic E-state index is -0.858. The van der Waals surface area contributed by atoms with E-state index in [1.54, 1.807) is 6.20 Å². The van der Waals surface area contributed by atoms with Crippen molar-refractivity contribution in [2.24, 2.45) is 0 Å².